The molecule has 1 unspecified atom stereocenters. The molecule has 0 radical (unpaired) electrons. The highest BCUT2D eigenvalue weighted by Gasteiger charge is 2.18. The van der Waals surface area contributed by atoms with Crippen LogP contribution < -0.4 is 15.4 Å². The van der Waals surface area contributed by atoms with Crippen molar-refractivity contribution in [3.05, 3.63) is 59.2 Å². The predicted octanol–water partition coefficient (Wildman–Crippen LogP) is 3.05. The number of aliphatic imine (C=N–C) groups is 1. The van der Waals surface area contributed by atoms with Crippen LogP contribution in [-0.4, -0.2) is 47.0 Å². The molecule has 0 spiro atoms. The summed E-state index contributed by atoms with van der Waals surface area (Å²) < 4.78 is 34.7. The van der Waals surface area contributed by atoms with Gasteiger partial charge in [0, 0.05) is 38.4 Å². The van der Waals surface area contributed by atoms with E-state index in [0.29, 0.717) is 30.6 Å². The molecule has 0 saturated carbocycles. The topological polar surface area (TPSA) is 89.0 Å². The number of hydrogen-bond donors (Lipinski definition) is 2. The Morgan fingerprint density at radius 2 is 1.87 bits per heavy atom. The van der Waals surface area contributed by atoms with Crippen molar-refractivity contribution >= 4 is 39.8 Å². The van der Waals surface area contributed by atoms with E-state index in [4.69, 9.17) is 9.47 Å². The first-order valence-electron chi connectivity index (χ1n) is 9.92. The predicted molar refractivity (Wildman–Crippen MR) is 133 cm³/mol. The van der Waals surface area contributed by atoms with E-state index < -0.39 is 9.84 Å². The number of aryl methyl sites for hydroxylation is 1. The Hall–Kier alpha value is -1.85. The van der Waals surface area contributed by atoms with Gasteiger partial charge in [-0.05, 0) is 36.2 Å². The Labute approximate surface area is 201 Å². The number of hydrogen-bond acceptors (Lipinski definition) is 5. The van der Waals surface area contributed by atoms with E-state index in [2.05, 4.69) is 33.8 Å². The maximum atomic E-state index is 11.6. The summed E-state index contributed by atoms with van der Waals surface area (Å²) in [6, 6.07) is 13.0. The van der Waals surface area contributed by atoms with Gasteiger partial charge in [0.1, 0.15) is 11.9 Å². The first kappa shape index (κ1) is 25.4. The van der Waals surface area contributed by atoms with Crippen LogP contribution in [0, 0.1) is 6.92 Å². The van der Waals surface area contributed by atoms with Gasteiger partial charge >= 0.3 is 0 Å². The van der Waals surface area contributed by atoms with Crippen molar-refractivity contribution in [3.63, 3.8) is 0 Å². The van der Waals surface area contributed by atoms with E-state index in [1.165, 1.54) is 6.26 Å². The van der Waals surface area contributed by atoms with Gasteiger partial charge in [0.05, 0.1) is 18.1 Å². The average Bonchev–Trinajstić information content (AvgIpc) is 3.22. The molecule has 0 aromatic heterocycles. The molecule has 1 saturated heterocycles. The third-order valence-electron chi connectivity index (χ3n) is 4.89. The molecule has 3 rings (SSSR count). The first-order valence-corrected chi connectivity index (χ1v) is 11.8. The minimum Gasteiger partial charge on any atom is -0.488 e. The van der Waals surface area contributed by atoms with E-state index in [1.807, 2.05) is 6.92 Å². The summed E-state index contributed by atoms with van der Waals surface area (Å²) in [7, 11) is -1.47. The molecule has 170 valence electrons. The SMILES string of the molecule is CN=C(NCc1ccc(S(C)(=O)=O)cc1)NCc1ccc(C)cc1OC1CCOC1.I. The summed E-state index contributed by atoms with van der Waals surface area (Å²) >= 11 is 0. The lowest BCUT2D eigenvalue weighted by atomic mass is 10.1. The summed E-state index contributed by atoms with van der Waals surface area (Å²) in [4.78, 5) is 4.58. The molecule has 0 amide bonds. The number of rotatable bonds is 7. The van der Waals surface area contributed by atoms with Gasteiger partial charge in [-0.1, -0.05) is 24.3 Å². The zero-order valence-corrected chi connectivity index (χ0v) is 21.2. The summed E-state index contributed by atoms with van der Waals surface area (Å²) in [5, 5.41) is 6.55. The Morgan fingerprint density at radius 1 is 1.16 bits per heavy atom. The van der Waals surface area contributed by atoms with E-state index in [1.54, 1.807) is 31.3 Å². The third-order valence-corrected chi connectivity index (χ3v) is 6.01. The van der Waals surface area contributed by atoms with Crippen LogP contribution in [0.4, 0.5) is 0 Å². The molecule has 1 aliphatic rings. The molecule has 0 bridgehead atoms. The fourth-order valence-electron chi connectivity index (χ4n) is 3.14. The van der Waals surface area contributed by atoms with Crippen LogP contribution in [0.25, 0.3) is 0 Å². The minimum absolute atomic E-state index is 0. The number of ether oxygens (including phenoxy) is 2. The van der Waals surface area contributed by atoms with E-state index >= 15 is 0 Å². The van der Waals surface area contributed by atoms with Crippen molar-refractivity contribution in [2.24, 2.45) is 4.99 Å². The lowest BCUT2D eigenvalue weighted by Crippen LogP contribution is -2.36. The normalized spacial score (nSPS) is 16.5. The molecule has 9 heteroatoms. The van der Waals surface area contributed by atoms with Crippen LogP contribution in [0.5, 0.6) is 5.75 Å². The van der Waals surface area contributed by atoms with Crippen LogP contribution in [0.1, 0.15) is 23.1 Å². The van der Waals surface area contributed by atoms with Gasteiger partial charge in [-0.25, -0.2) is 8.42 Å². The van der Waals surface area contributed by atoms with Crippen LogP contribution >= 0.6 is 24.0 Å². The van der Waals surface area contributed by atoms with Crippen molar-refractivity contribution < 1.29 is 17.9 Å². The summed E-state index contributed by atoms with van der Waals surface area (Å²) in [6.07, 6.45) is 2.20. The number of nitrogens with one attached hydrogen (secondary N) is 2. The molecule has 1 heterocycles. The van der Waals surface area contributed by atoms with Gasteiger partial charge in [-0.3, -0.25) is 4.99 Å². The van der Waals surface area contributed by atoms with Crippen LogP contribution in [-0.2, 0) is 27.7 Å². The van der Waals surface area contributed by atoms with Crippen molar-refractivity contribution in [1.82, 2.24) is 10.6 Å². The first-order chi connectivity index (χ1) is 14.3. The molecule has 1 aliphatic heterocycles. The van der Waals surface area contributed by atoms with Gasteiger partial charge in [-0.15, -0.1) is 24.0 Å². The van der Waals surface area contributed by atoms with E-state index in [0.717, 1.165) is 35.5 Å². The summed E-state index contributed by atoms with van der Waals surface area (Å²) in [6.45, 7) is 4.51. The highest BCUT2D eigenvalue weighted by atomic mass is 127. The Morgan fingerprint density at radius 3 is 2.48 bits per heavy atom. The fourth-order valence-corrected chi connectivity index (χ4v) is 3.77. The highest BCUT2D eigenvalue weighted by Crippen LogP contribution is 2.23. The largest absolute Gasteiger partial charge is 0.488 e. The van der Waals surface area contributed by atoms with Crippen molar-refractivity contribution in [3.8, 4) is 5.75 Å². The zero-order chi connectivity index (χ0) is 21.6. The van der Waals surface area contributed by atoms with Crippen LogP contribution in [0.2, 0.25) is 0 Å². The number of nitrogens with zero attached hydrogens (tertiary/aromatic N) is 1. The smallest absolute Gasteiger partial charge is 0.191 e. The molecular formula is C22H30IN3O4S. The van der Waals surface area contributed by atoms with Gasteiger partial charge in [-0.2, -0.15) is 0 Å². The lowest BCUT2D eigenvalue weighted by molar-refractivity contribution is 0.140. The molecule has 2 N–H and O–H groups in total. The Balaban J connectivity index is 0.00000341. The van der Waals surface area contributed by atoms with Crippen molar-refractivity contribution in [2.45, 2.75) is 37.4 Å². The second-order valence-electron chi connectivity index (χ2n) is 7.41. The van der Waals surface area contributed by atoms with Crippen molar-refractivity contribution in [2.75, 3.05) is 26.5 Å². The number of halogens is 1. The zero-order valence-electron chi connectivity index (χ0n) is 18.1. The van der Waals surface area contributed by atoms with Gasteiger partial charge in [0.2, 0.25) is 0 Å². The van der Waals surface area contributed by atoms with Gasteiger partial charge < -0.3 is 20.1 Å². The molecule has 31 heavy (non-hydrogen) atoms. The third kappa shape index (κ3) is 7.65. The fraction of sp³-hybridized carbons (Fsp3) is 0.409. The van der Waals surface area contributed by atoms with Crippen LogP contribution in [0.3, 0.4) is 0 Å². The second kappa shape index (κ2) is 11.7. The van der Waals surface area contributed by atoms with Crippen LogP contribution in [0.15, 0.2) is 52.4 Å². The molecule has 0 aliphatic carbocycles. The second-order valence-corrected chi connectivity index (χ2v) is 9.43. The molecular weight excluding hydrogens is 529 g/mol. The molecule has 7 nitrogen and oxygen atoms in total. The summed E-state index contributed by atoms with van der Waals surface area (Å²) in [5.41, 5.74) is 3.16. The molecule has 1 atom stereocenters. The number of benzene rings is 2. The Bertz CT molecular complexity index is 988. The number of guanidine groups is 1. The maximum Gasteiger partial charge on any atom is 0.191 e. The van der Waals surface area contributed by atoms with Gasteiger partial charge in [0.15, 0.2) is 15.8 Å². The lowest BCUT2D eigenvalue weighted by Gasteiger charge is -2.18. The van der Waals surface area contributed by atoms with Crippen molar-refractivity contribution in [1.29, 1.82) is 0 Å². The van der Waals surface area contributed by atoms with E-state index in [9.17, 15) is 8.42 Å². The molecule has 2 aromatic carbocycles. The summed E-state index contributed by atoms with van der Waals surface area (Å²) in [5.74, 6) is 1.52. The highest BCUT2D eigenvalue weighted by molar-refractivity contribution is 14.0. The number of sulfone groups is 1. The quantitative estimate of drug-likeness (QED) is 0.308. The molecule has 1 fully saturated rings. The standard InChI is InChI=1S/C22H29N3O4S.HI/c1-16-4-7-18(21(12-16)29-19-10-11-28-15-19)14-25-22(23-2)24-13-17-5-8-20(9-6-17)30(3,26)27;/h4-9,12,19H,10-11,13-15H2,1-3H3,(H2,23,24,25);1H. The van der Waals surface area contributed by atoms with E-state index in [-0.39, 0.29) is 30.1 Å². The molecule has 2 aromatic rings. The van der Waals surface area contributed by atoms with Gasteiger partial charge in [0.25, 0.3) is 0 Å². The average molecular weight is 559 g/mol. The maximum absolute atomic E-state index is 11.6. The minimum atomic E-state index is -3.19. The Kier molecular flexibility index (Phi) is 9.57. The monoisotopic (exact) mass is 559 g/mol.